The van der Waals surface area contributed by atoms with Gasteiger partial charge < -0.3 is 48.1 Å². The lowest BCUT2D eigenvalue weighted by Crippen LogP contribution is -2.60. The molecule has 0 saturated carbocycles. The lowest BCUT2D eigenvalue weighted by molar-refractivity contribution is -0.142. The number of likely N-dealkylation sites (tertiary alicyclic amines) is 1. The highest BCUT2D eigenvalue weighted by Gasteiger charge is 2.38. The Hall–Kier alpha value is -5.06. The second kappa shape index (κ2) is 20.8. The molecule has 0 radical (unpaired) electrons. The summed E-state index contributed by atoms with van der Waals surface area (Å²) in [5.41, 5.74) is 11.9. The molecule has 1 aliphatic heterocycles. The van der Waals surface area contributed by atoms with Gasteiger partial charge in [0.15, 0.2) is 0 Å². The molecular weight excluding hydrogens is 688 g/mol. The summed E-state index contributed by atoms with van der Waals surface area (Å²) in [5.74, 6) is -6.17. The molecule has 1 fully saturated rings. The van der Waals surface area contributed by atoms with E-state index in [9.17, 15) is 38.4 Å². The average molecular weight is 745 g/mol. The summed E-state index contributed by atoms with van der Waals surface area (Å²) in [6.07, 6.45) is 1.05. The number of rotatable bonds is 20. The molecule has 2 rings (SSSR count). The quantitative estimate of drug-likeness (QED) is 0.0812. The van der Waals surface area contributed by atoms with Gasteiger partial charge in [0.1, 0.15) is 36.3 Å². The van der Waals surface area contributed by atoms with Gasteiger partial charge in [0.05, 0.1) is 6.04 Å². The largest absolute Gasteiger partial charge is 0.480 e. The Morgan fingerprint density at radius 2 is 1.40 bits per heavy atom. The zero-order valence-electron chi connectivity index (χ0n) is 31.3. The fraction of sp³-hybridized carbons (Fsp3) is 0.611. The number of nitrogens with zero attached hydrogens (tertiary/aromatic N) is 1. The third-order valence-electron chi connectivity index (χ3n) is 8.84. The molecule has 7 atom stereocenters. The molecule has 1 aromatic carbocycles. The summed E-state index contributed by atoms with van der Waals surface area (Å²) in [6, 6.07) is 1.18. The molecule has 17 nitrogen and oxygen atoms in total. The van der Waals surface area contributed by atoms with Crippen LogP contribution in [0.4, 0.5) is 0 Å². The molecule has 10 N–H and O–H groups in total. The van der Waals surface area contributed by atoms with Gasteiger partial charge in [-0.1, -0.05) is 58.0 Å². The van der Waals surface area contributed by atoms with Crippen molar-refractivity contribution in [2.45, 2.75) is 122 Å². The summed E-state index contributed by atoms with van der Waals surface area (Å²) in [4.78, 5) is 104. The molecule has 17 heteroatoms. The molecule has 1 aliphatic rings. The average Bonchev–Trinajstić information content (AvgIpc) is 3.58. The van der Waals surface area contributed by atoms with Crippen molar-refractivity contribution in [2.24, 2.45) is 23.3 Å². The van der Waals surface area contributed by atoms with Gasteiger partial charge in [-0.3, -0.25) is 38.4 Å². The monoisotopic (exact) mass is 744 g/mol. The second-order valence-electron chi connectivity index (χ2n) is 14.3. The molecule has 0 unspecified atom stereocenters. The Labute approximate surface area is 310 Å². The topological polar surface area (TPSA) is 272 Å². The summed E-state index contributed by atoms with van der Waals surface area (Å²) in [5, 5.41) is 22.2. The molecule has 0 aromatic heterocycles. The van der Waals surface area contributed by atoms with Gasteiger partial charge in [-0.05, 0) is 56.9 Å². The highest BCUT2D eigenvalue weighted by molar-refractivity contribution is 5.97. The van der Waals surface area contributed by atoms with Crippen molar-refractivity contribution >= 4 is 47.3 Å². The predicted molar refractivity (Wildman–Crippen MR) is 194 cm³/mol. The van der Waals surface area contributed by atoms with E-state index < -0.39 is 95.5 Å². The molecule has 1 saturated heterocycles. The smallest absolute Gasteiger partial charge is 0.325 e. The number of carboxylic acid groups (broad SMARTS) is 1. The van der Waals surface area contributed by atoms with E-state index in [0.29, 0.717) is 18.4 Å². The number of carbonyl (C=O) groups excluding carboxylic acids is 7. The minimum Gasteiger partial charge on any atom is -0.480 e. The molecule has 0 spiro atoms. The van der Waals surface area contributed by atoms with Crippen molar-refractivity contribution in [3.63, 3.8) is 0 Å². The standard InChI is InChI=1S/C36H56N8O9/c1-19(2)17-25(42-33(49)27-13-10-16-44(27)35(51)24(37)14-15-28(38)45)32(48)41-26(18-23-11-8-7-9-12-23)31(47)39-21(5)30(46)43-29(20(3)4)34(50)40-22(6)36(52)53/h7-9,11-12,19-22,24-27,29H,10,13-18,37H2,1-6H3,(H2,38,45)(H,39,47)(H,40,50)(H,41,48)(H,42,49)(H,43,46)(H,52,53)/t21-,22-,24-,25-,26-,27-,29-/m0/s1. The fourth-order valence-corrected chi connectivity index (χ4v) is 5.80. The zero-order chi connectivity index (χ0) is 40.0. The maximum Gasteiger partial charge on any atom is 0.325 e. The first-order valence-electron chi connectivity index (χ1n) is 17.9. The van der Waals surface area contributed by atoms with E-state index in [1.54, 1.807) is 44.2 Å². The van der Waals surface area contributed by atoms with Crippen LogP contribution in [0.5, 0.6) is 0 Å². The van der Waals surface area contributed by atoms with Gasteiger partial charge >= 0.3 is 5.97 Å². The van der Waals surface area contributed by atoms with Crippen LogP contribution in [-0.2, 0) is 44.8 Å². The number of hydrogen-bond donors (Lipinski definition) is 8. The number of primary amides is 1. The van der Waals surface area contributed by atoms with E-state index in [2.05, 4.69) is 26.6 Å². The van der Waals surface area contributed by atoms with Gasteiger partial charge in [0.25, 0.3) is 0 Å². The van der Waals surface area contributed by atoms with Crippen LogP contribution in [0.1, 0.15) is 79.2 Å². The normalized spacial score (nSPS) is 17.5. The Kier molecular flexibility index (Phi) is 17.3. The lowest BCUT2D eigenvalue weighted by atomic mass is 10.00. The van der Waals surface area contributed by atoms with Crippen LogP contribution in [-0.4, -0.2) is 106 Å². The highest BCUT2D eigenvalue weighted by Crippen LogP contribution is 2.20. The van der Waals surface area contributed by atoms with E-state index in [-0.39, 0.29) is 38.1 Å². The Morgan fingerprint density at radius 3 is 1.96 bits per heavy atom. The van der Waals surface area contributed by atoms with E-state index in [4.69, 9.17) is 16.6 Å². The number of nitrogens with two attached hydrogens (primary N) is 2. The number of carboxylic acids is 1. The first kappa shape index (κ1) is 44.1. The fourth-order valence-electron chi connectivity index (χ4n) is 5.80. The number of carbonyl (C=O) groups is 8. The highest BCUT2D eigenvalue weighted by atomic mass is 16.4. The van der Waals surface area contributed by atoms with E-state index in [1.807, 2.05) is 13.8 Å². The van der Waals surface area contributed by atoms with Gasteiger partial charge in [0, 0.05) is 19.4 Å². The van der Waals surface area contributed by atoms with Crippen molar-refractivity contribution in [1.29, 1.82) is 0 Å². The SMILES string of the molecule is CC(C)C[C@H](NC(=O)[C@@H]1CCCN1C(=O)[C@@H](N)CCC(N)=O)C(=O)N[C@@H](Cc1ccccc1)C(=O)N[C@@H](C)C(=O)N[C@H](C(=O)N[C@@H](C)C(=O)O)C(C)C. The summed E-state index contributed by atoms with van der Waals surface area (Å²) in [6.45, 7) is 10.0. The van der Waals surface area contributed by atoms with Crippen LogP contribution in [0.15, 0.2) is 30.3 Å². The Balaban J connectivity index is 2.23. The van der Waals surface area contributed by atoms with Crippen LogP contribution in [0.3, 0.4) is 0 Å². The van der Waals surface area contributed by atoms with Crippen LogP contribution in [0.2, 0.25) is 0 Å². The minimum absolute atomic E-state index is 0.0300. The molecule has 1 heterocycles. The maximum atomic E-state index is 13.8. The van der Waals surface area contributed by atoms with E-state index in [0.717, 1.165) is 0 Å². The van der Waals surface area contributed by atoms with Crippen LogP contribution < -0.4 is 38.1 Å². The van der Waals surface area contributed by atoms with Gasteiger partial charge in [-0.2, -0.15) is 0 Å². The predicted octanol–water partition coefficient (Wildman–Crippen LogP) is -0.937. The van der Waals surface area contributed by atoms with Gasteiger partial charge in [-0.25, -0.2) is 0 Å². The van der Waals surface area contributed by atoms with E-state index >= 15 is 0 Å². The number of hydrogen-bond acceptors (Lipinski definition) is 9. The lowest BCUT2D eigenvalue weighted by Gasteiger charge is -2.29. The Bertz CT molecular complexity index is 1470. The van der Waals surface area contributed by atoms with Crippen molar-refractivity contribution in [2.75, 3.05) is 6.54 Å². The van der Waals surface area contributed by atoms with E-state index in [1.165, 1.54) is 18.7 Å². The van der Waals surface area contributed by atoms with Crippen LogP contribution in [0.25, 0.3) is 0 Å². The van der Waals surface area contributed by atoms with Crippen molar-refractivity contribution in [3.05, 3.63) is 35.9 Å². The molecule has 0 aliphatic carbocycles. The molecule has 294 valence electrons. The molecule has 1 aromatic rings. The van der Waals surface area contributed by atoms with Crippen molar-refractivity contribution in [3.8, 4) is 0 Å². The van der Waals surface area contributed by atoms with Gasteiger partial charge in [0.2, 0.25) is 41.4 Å². The molecular formula is C36H56N8O9. The molecule has 7 amide bonds. The number of aliphatic carboxylic acids is 1. The molecule has 0 bridgehead atoms. The summed E-state index contributed by atoms with van der Waals surface area (Å²) >= 11 is 0. The second-order valence-corrected chi connectivity index (χ2v) is 14.3. The van der Waals surface area contributed by atoms with Gasteiger partial charge in [-0.15, -0.1) is 0 Å². The summed E-state index contributed by atoms with van der Waals surface area (Å²) in [7, 11) is 0. The first-order chi connectivity index (χ1) is 24.8. The Morgan fingerprint density at radius 1 is 0.792 bits per heavy atom. The minimum atomic E-state index is -1.25. The number of amides is 7. The third-order valence-corrected chi connectivity index (χ3v) is 8.84. The zero-order valence-corrected chi connectivity index (χ0v) is 31.3. The van der Waals surface area contributed by atoms with Crippen LogP contribution >= 0.6 is 0 Å². The summed E-state index contributed by atoms with van der Waals surface area (Å²) < 4.78 is 0. The number of nitrogens with one attached hydrogen (secondary N) is 5. The maximum absolute atomic E-state index is 13.8. The first-order valence-corrected chi connectivity index (χ1v) is 17.9. The number of benzene rings is 1. The van der Waals surface area contributed by atoms with Crippen molar-refractivity contribution < 1.29 is 43.5 Å². The third kappa shape index (κ3) is 14.1. The van der Waals surface area contributed by atoms with Crippen LogP contribution in [0, 0.1) is 11.8 Å². The van der Waals surface area contributed by atoms with Crippen molar-refractivity contribution in [1.82, 2.24) is 31.5 Å². The molecule has 53 heavy (non-hydrogen) atoms.